The molecule has 0 unspecified atom stereocenters. The van der Waals surface area contributed by atoms with Crippen molar-refractivity contribution < 1.29 is 24.5 Å². The lowest BCUT2D eigenvalue weighted by atomic mass is 10.0. The van der Waals surface area contributed by atoms with E-state index in [-0.39, 0.29) is 6.61 Å². The normalized spacial score (nSPS) is 22.6. The summed E-state index contributed by atoms with van der Waals surface area (Å²) >= 11 is 0. The highest BCUT2D eigenvalue weighted by molar-refractivity contribution is 5.74. The first kappa shape index (κ1) is 16.5. The van der Waals surface area contributed by atoms with Crippen molar-refractivity contribution >= 4 is 12.1 Å². The number of hydrogen-bond acceptors (Lipinski definition) is 4. The average Bonchev–Trinajstić information content (AvgIpc) is 2.73. The van der Waals surface area contributed by atoms with E-state index < -0.39 is 29.6 Å². The summed E-state index contributed by atoms with van der Waals surface area (Å²) < 4.78 is 5.10. The molecule has 2 atom stereocenters. The number of rotatable bonds is 4. The molecule has 6 heteroatoms. The molecule has 1 aliphatic carbocycles. The molecular formula is C14H23NO5. The quantitative estimate of drug-likeness (QED) is 0.683. The first-order valence-corrected chi connectivity index (χ1v) is 6.76. The van der Waals surface area contributed by atoms with Crippen molar-refractivity contribution in [1.29, 1.82) is 0 Å². The first-order chi connectivity index (χ1) is 9.23. The Morgan fingerprint density at radius 3 is 2.65 bits per heavy atom. The van der Waals surface area contributed by atoms with E-state index in [0.29, 0.717) is 12.8 Å². The third-order valence-corrected chi connectivity index (χ3v) is 3.02. The van der Waals surface area contributed by atoms with Gasteiger partial charge in [0.2, 0.25) is 0 Å². The van der Waals surface area contributed by atoms with Gasteiger partial charge in [-0.05, 0) is 40.0 Å². The summed E-state index contributed by atoms with van der Waals surface area (Å²) in [4.78, 5) is 22.7. The number of nitrogens with one attached hydrogen (secondary N) is 1. The minimum absolute atomic E-state index is 0.297. The van der Waals surface area contributed by atoms with E-state index >= 15 is 0 Å². The molecular weight excluding hydrogens is 262 g/mol. The molecule has 0 bridgehead atoms. The highest BCUT2D eigenvalue weighted by Gasteiger charge is 2.28. The molecule has 0 aromatic carbocycles. The van der Waals surface area contributed by atoms with Gasteiger partial charge in [0, 0.05) is 0 Å². The Balaban J connectivity index is 2.67. The number of alkyl carbamates (subject to hydrolysis) is 1. The number of amides is 1. The maximum absolute atomic E-state index is 11.6. The Kier molecular flexibility index (Phi) is 5.56. The van der Waals surface area contributed by atoms with Crippen molar-refractivity contribution in [1.82, 2.24) is 5.32 Å². The maximum Gasteiger partial charge on any atom is 0.408 e. The van der Waals surface area contributed by atoms with Crippen LogP contribution in [0.2, 0.25) is 0 Å². The Bertz CT molecular complexity index is 397. The van der Waals surface area contributed by atoms with Crippen LogP contribution in [0.1, 0.15) is 40.0 Å². The third-order valence-electron chi connectivity index (χ3n) is 3.02. The first-order valence-electron chi connectivity index (χ1n) is 6.76. The van der Waals surface area contributed by atoms with E-state index in [4.69, 9.17) is 9.84 Å². The van der Waals surface area contributed by atoms with Gasteiger partial charge in [0.05, 0.1) is 18.6 Å². The zero-order valence-electron chi connectivity index (χ0n) is 12.2. The fourth-order valence-corrected chi connectivity index (χ4v) is 2.21. The van der Waals surface area contributed by atoms with Crippen LogP contribution in [0.5, 0.6) is 0 Å². The van der Waals surface area contributed by atoms with Crippen LogP contribution < -0.4 is 5.32 Å². The molecule has 114 valence electrons. The van der Waals surface area contributed by atoms with Crippen molar-refractivity contribution in [3.63, 3.8) is 0 Å². The number of hydrogen-bond donors (Lipinski definition) is 3. The van der Waals surface area contributed by atoms with E-state index in [0.717, 1.165) is 12.0 Å². The summed E-state index contributed by atoms with van der Waals surface area (Å²) in [6.07, 6.45) is 3.11. The molecule has 20 heavy (non-hydrogen) atoms. The van der Waals surface area contributed by atoms with Crippen molar-refractivity contribution in [2.75, 3.05) is 6.61 Å². The Morgan fingerprint density at radius 2 is 2.15 bits per heavy atom. The second-order valence-corrected chi connectivity index (χ2v) is 5.96. The van der Waals surface area contributed by atoms with Gasteiger partial charge < -0.3 is 20.3 Å². The van der Waals surface area contributed by atoms with Crippen LogP contribution in [0.25, 0.3) is 0 Å². The minimum Gasteiger partial charge on any atom is -0.481 e. The maximum atomic E-state index is 11.6. The molecule has 0 radical (unpaired) electrons. The zero-order valence-corrected chi connectivity index (χ0v) is 12.2. The van der Waals surface area contributed by atoms with Crippen LogP contribution in [-0.2, 0) is 9.53 Å². The van der Waals surface area contributed by atoms with Crippen LogP contribution in [0.3, 0.4) is 0 Å². The van der Waals surface area contributed by atoms with E-state index in [9.17, 15) is 14.7 Å². The van der Waals surface area contributed by atoms with Crippen molar-refractivity contribution in [3.8, 4) is 0 Å². The van der Waals surface area contributed by atoms with Crippen molar-refractivity contribution in [2.45, 2.75) is 51.7 Å². The topological polar surface area (TPSA) is 95.9 Å². The van der Waals surface area contributed by atoms with Crippen molar-refractivity contribution in [3.05, 3.63) is 11.6 Å². The minimum atomic E-state index is -0.859. The van der Waals surface area contributed by atoms with Crippen LogP contribution in [0.4, 0.5) is 4.79 Å². The van der Waals surface area contributed by atoms with E-state index in [1.807, 2.05) is 0 Å². The monoisotopic (exact) mass is 285 g/mol. The van der Waals surface area contributed by atoms with Crippen LogP contribution in [-0.4, -0.2) is 40.5 Å². The summed E-state index contributed by atoms with van der Waals surface area (Å²) in [5.41, 5.74) is 0.140. The number of aliphatic carboxylic acids is 1. The average molecular weight is 285 g/mol. The van der Waals surface area contributed by atoms with Gasteiger partial charge in [-0.3, -0.25) is 4.79 Å². The van der Waals surface area contributed by atoms with Gasteiger partial charge in [0.1, 0.15) is 5.60 Å². The second-order valence-electron chi connectivity index (χ2n) is 5.96. The number of carbonyl (C=O) groups is 2. The number of carboxylic acids is 1. The second kappa shape index (κ2) is 6.74. The zero-order chi connectivity index (χ0) is 15.3. The van der Waals surface area contributed by atoms with E-state index in [1.165, 1.54) is 0 Å². The third kappa shape index (κ3) is 5.21. The summed E-state index contributed by atoms with van der Waals surface area (Å²) in [6, 6.07) is -0.625. The highest BCUT2D eigenvalue weighted by atomic mass is 16.6. The molecule has 0 aromatic rings. The lowest BCUT2D eigenvalue weighted by Crippen LogP contribution is -2.40. The molecule has 3 N–H and O–H groups in total. The lowest BCUT2D eigenvalue weighted by Gasteiger charge is -2.22. The Hall–Kier alpha value is -1.56. The number of aliphatic hydroxyl groups is 1. The van der Waals surface area contributed by atoms with Gasteiger partial charge in [0.25, 0.3) is 0 Å². The SMILES string of the molecule is CC(C)(C)OC(=O)N[C@@H](/C=C1/CCC[C@H]1C(=O)O)CO. The van der Waals surface area contributed by atoms with Gasteiger partial charge >= 0.3 is 12.1 Å². The standard InChI is InChI=1S/C14H23NO5/c1-14(2,3)20-13(19)15-10(8-16)7-9-5-4-6-11(9)12(17)18/h7,10-11,16H,4-6,8H2,1-3H3,(H,15,19)(H,17,18)/b9-7-/t10-,11+/m0/s1. The summed E-state index contributed by atoms with van der Waals surface area (Å²) in [5, 5.41) is 20.9. The number of carbonyl (C=O) groups excluding carboxylic acids is 1. The van der Waals surface area contributed by atoms with Gasteiger partial charge in [-0.2, -0.15) is 0 Å². The molecule has 0 spiro atoms. The van der Waals surface area contributed by atoms with E-state index in [2.05, 4.69) is 5.32 Å². The predicted molar refractivity (Wildman–Crippen MR) is 73.3 cm³/mol. The molecule has 1 fully saturated rings. The number of ether oxygens (including phenoxy) is 1. The van der Waals surface area contributed by atoms with Gasteiger partial charge in [-0.1, -0.05) is 11.6 Å². The van der Waals surface area contributed by atoms with Gasteiger partial charge in [-0.25, -0.2) is 4.79 Å². The van der Waals surface area contributed by atoms with Crippen LogP contribution >= 0.6 is 0 Å². The smallest absolute Gasteiger partial charge is 0.408 e. The molecule has 0 aliphatic heterocycles. The number of aliphatic hydroxyl groups excluding tert-OH is 1. The van der Waals surface area contributed by atoms with Crippen molar-refractivity contribution in [2.24, 2.45) is 5.92 Å². The molecule has 1 amide bonds. The summed E-state index contributed by atoms with van der Waals surface area (Å²) in [7, 11) is 0. The molecule has 1 aliphatic rings. The Morgan fingerprint density at radius 1 is 1.50 bits per heavy atom. The molecule has 1 rings (SSSR count). The largest absolute Gasteiger partial charge is 0.481 e. The summed E-state index contributed by atoms with van der Waals surface area (Å²) in [5.74, 6) is -1.37. The molecule has 0 saturated heterocycles. The molecule has 1 saturated carbocycles. The van der Waals surface area contributed by atoms with Gasteiger partial charge in [-0.15, -0.1) is 0 Å². The van der Waals surface area contributed by atoms with E-state index in [1.54, 1.807) is 26.8 Å². The molecule has 0 aromatic heterocycles. The molecule has 0 heterocycles. The van der Waals surface area contributed by atoms with Gasteiger partial charge in [0.15, 0.2) is 0 Å². The fourth-order valence-electron chi connectivity index (χ4n) is 2.21. The molecule has 6 nitrogen and oxygen atoms in total. The number of carboxylic acid groups (broad SMARTS) is 1. The highest BCUT2D eigenvalue weighted by Crippen LogP contribution is 2.31. The predicted octanol–water partition coefficient (Wildman–Crippen LogP) is 1.68. The lowest BCUT2D eigenvalue weighted by molar-refractivity contribution is -0.140. The van der Waals surface area contributed by atoms with Crippen LogP contribution in [0.15, 0.2) is 11.6 Å². The fraction of sp³-hybridized carbons (Fsp3) is 0.714. The van der Waals surface area contributed by atoms with Crippen LogP contribution in [0, 0.1) is 5.92 Å². The Labute approximate surface area is 118 Å². The summed E-state index contributed by atoms with van der Waals surface area (Å²) in [6.45, 7) is 4.94.